The van der Waals surface area contributed by atoms with Gasteiger partial charge in [0.05, 0.1) is 5.52 Å². The van der Waals surface area contributed by atoms with Gasteiger partial charge in [-0.25, -0.2) is 15.0 Å². The number of nitrogens with one attached hydrogen (secondary N) is 1. The maximum absolute atomic E-state index is 5.83. The lowest BCUT2D eigenvalue weighted by atomic mass is 10.1. The SMILES string of the molecule is Clc1ccc(-c2nc3nccc(-c4ccccc4)c3[nH]2)cn1. The number of halogens is 1. The molecular formula is C17H11ClN4. The Morgan fingerprint density at radius 1 is 0.864 bits per heavy atom. The molecule has 0 fully saturated rings. The van der Waals surface area contributed by atoms with E-state index in [0.29, 0.717) is 10.8 Å². The van der Waals surface area contributed by atoms with Crippen LogP contribution in [-0.4, -0.2) is 19.9 Å². The average molecular weight is 307 g/mol. The normalized spacial score (nSPS) is 11.0. The van der Waals surface area contributed by atoms with Crippen LogP contribution < -0.4 is 0 Å². The maximum atomic E-state index is 5.83. The van der Waals surface area contributed by atoms with E-state index >= 15 is 0 Å². The number of fused-ring (bicyclic) bond motifs is 1. The third-order valence-electron chi connectivity index (χ3n) is 3.48. The van der Waals surface area contributed by atoms with Crippen LogP contribution >= 0.6 is 11.6 Å². The first-order chi connectivity index (χ1) is 10.8. The van der Waals surface area contributed by atoms with Gasteiger partial charge in [-0.1, -0.05) is 41.9 Å². The van der Waals surface area contributed by atoms with Crippen molar-refractivity contribution in [3.8, 4) is 22.5 Å². The lowest BCUT2D eigenvalue weighted by molar-refractivity contribution is 1.26. The summed E-state index contributed by atoms with van der Waals surface area (Å²) in [6, 6.07) is 15.8. The molecule has 0 aliphatic carbocycles. The second-order valence-electron chi connectivity index (χ2n) is 4.88. The van der Waals surface area contributed by atoms with Gasteiger partial charge in [0, 0.05) is 23.5 Å². The van der Waals surface area contributed by atoms with Gasteiger partial charge in [0.25, 0.3) is 0 Å². The van der Waals surface area contributed by atoms with Gasteiger partial charge in [-0.15, -0.1) is 0 Å². The number of nitrogens with zero attached hydrogens (tertiary/aromatic N) is 3. The lowest BCUT2D eigenvalue weighted by Gasteiger charge is -2.01. The molecule has 0 saturated carbocycles. The highest BCUT2D eigenvalue weighted by molar-refractivity contribution is 6.29. The topological polar surface area (TPSA) is 54.5 Å². The predicted octanol–water partition coefficient (Wildman–Crippen LogP) is 4.34. The zero-order valence-corrected chi connectivity index (χ0v) is 12.2. The quantitative estimate of drug-likeness (QED) is 0.560. The smallest absolute Gasteiger partial charge is 0.178 e. The van der Waals surface area contributed by atoms with E-state index in [1.54, 1.807) is 18.5 Å². The summed E-state index contributed by atoms with van der Waals surface area (Å²) >= 11 is 5.83. The molecule has 0 radical (unpaired) electrons. The van der Waals surface area contributed by atoms with Crippen molar-refractivity contribution in [3.63, 3.8) is 0 Å². The van der Waals surface area contributed by atoms with Crippen LogP contribution in [0, 0.1) is 0 Å². The first-order valence-electron chi connectivity index (χ1n) is 6.83. The summed E-state index contributed by atoms with van der Waals surface area (Å²) in [4.78, 5) is 16.3. The molecular weight excluding hydrogens is 296 g/mol. The number of aromatic nitrogens is 4. The molecule has 0 aliphatic rings. The standard InChI is InChI=1S/C17H11ClN4/c18-14-7-6-12(10-20-14)16-21-15-13(8-9-19-17(15)22-16)11-4-2-1-3-5-11/h1-10H,(H,19,21,22). The van der Waals surface area contributed by atoms with Crippen LogP contribution in [0.4, 0.5) is 0 Å². The highest BCUT2D eigenvalue weighted by Crippen LogP contribution is 2.28. The molecule has 1 aromatic carbocycles. The number of rotatable bonds is 2. The second kappa shape index (κ2) is 5.24. The Hall–Kier alpha value is -2.72. The Kier molecular flexibility index (Phi) is 3.09. The summed E-state index contributed by atoms with van der Waals surface area (Å²) in [5.41, 5.74) is 4.68. The van der Waals surface area contributed by atoms with E-state index in [0.717, 1.165) is 28.0 Å². The van der Waals surface area contributed by atoms with Gasteiger partial charge >= 0.3 is 0 Å². The minimum absolute atomic E-state index is 0.461. The second-order valence-corrected chi connectivity index (χ2v) is 5.27. The highest BCUT2D eigenvalue weighted by atomic mass is 35.5. The van der Waals surface area contributed by atoms with Crippen LogP contribution in [-0.2, 0) is 0 Å². The fourth-order valence-electron chi connectivity index (χ4n) is 2.42. The molecule has 0 atom stereocenters. The number of H-pyrrole nitrogens is 1. The average Bonchev–Trinajstić information content (AvgIpc) is 3.00. The van der Waals surface area contributed by atoms with Crippen LogP contribution in [0.25, 0.3) is 33.7 Å². The van der Waals surface area contributed by atoms with E-state index < -0.39 is 0 Å². The molecule has 106 valence electrons. The van der Waals surface area contributed by atoms with E-state index in [1.165, 1.54) is 0 Å². The summed E-state index contributed by atoms with van der Waals surface area (Å²) < 4.78 is 0. The lowest BCUT2D eigenvalue weighted by Crippen LogP contribution is -1.83. The molecule has 0 amide bonds. The fraction of sp³-hybridized carbons (Fsp3) is 0. The molecule has 0 aliphatic heterocycles. The Morgan fingerprint density at radius 3 is 2.50 bits per heavy atom. The molecule has 4 aromatic rings. The van der Waals surface area contributed by atoms with Crippen LogP contribution in [0.5, 0.6) is 0 Å². The van der Waals surface area contributed by atoms with Gasteiger partial charge in [-0.2, -0.15) is 0 Å². The van der Waals surface area contributed by atoms with Crippen molar-refractivity contribution < 1.29 is 0 Å². The Morgan fingerprint density at radius 2 is 1.73 bits per heavy atom. The van der Waals surface area contributed by atoms with Crippen molar-refractivity contribution in [2.75, 3.05) is 0 Å². The molecule has 0 bridgehead atoms. The van der Waals surface area contributed by atoms with Crippen LogP contribution in [0.3, 0.4) is 0 Å². The molecule has 4 rings (SSSR count). The summed E-state index contributed by atoms with van der Waals surface area (Å²) in [5, 5.41) is 0.461. The first-order valence-corrected chi connectivity index (χ1v) is 7.21. The van der Waals surface area contributed by atoms with Gasteiger partial charge in [0.2, 0.25) is 0 Å². The van der Waals surface area contributed by atoms with E-state index in [-0.39, 0.29) is 0 Å². The molecule has 22 heavy (non-hydrogen) atoms. The summed E-state index contributed by atoms with van der Waals surface area (Å²) in [6.07, 6.45) is 3.47. The van der Waals surface area contributed by atoms with Crippen molar-refractivity contribution in [2.45, 2.75) is 0 Å². The number of aromatic amines is 1. The summed E-state index contributed by atoms with van der Waals surface area (Å²) in [7, 11) is 0. The van der Waals surface area contributed by atoms with E-state index in [2.05, 4.69) is 32.1 Å². The van der Waals surface area contributed by atoms with E-state index in [1.807, 2.05) is 30.3 Å². The number of benzene rings is 1. The molecule has 0 saturated heterocycles. The molecule has 5 heteroatoms. The minimum Gasteiger partial charge on any atom is -0.336 e. The van der Waals surface area contributed by atoms with Crippen molar-refractivity contribution in [2.24, 2.45) is 0 Å². The largest absolute Gasteiger partial charge is 0.336 e. The van der Waals surface area contributed by atoms with Crippen LogP contribution in [0.1, 0.15) is 0 Å². The first kappa shape index (κ1) is 13.0. The maximum Gasteiger partial charge on any atom is 0.178 e. The zero-order chi connectivity index (χ0) is 14.9. The third kappa shape index (κ3) is 2.23. The van der Waals surface area contributed by atoms with E-state index in [9.17, 15) is 0 Å². The number of imidazole rings is 1. The van der Waals surface area contributed by atoms with Crippen molar-refractivity contribution in [3.05, 3.63) is 66.1 Å². The van der Waals surface area contributed by atoms with Gasteiger partial charge < -0.3 is 4.98 Å². The van der Waals surface area contributed by atoms with Crippen LogP contribution in [0.15, 0.2) is 60.9 Å². The zero-order valence-electron chi connectivity index (χ0n) is 11.5. The minimum atomic E-state index is 0.461. The van der Waals surface area contributed by atoms with Gasteiger partial charge in [0.1, 0.15) is 11.0 Å². The van der Waals surface area contributed by atoms with Gasteiger partial charge in [-0.3, -0.25) is 0 Å². The molecule has 1 N–H and O–H groups in total. The number of pyridine rings is 2. The van der Waals surface area contributed by atoms with Crippen LogP contribution in [0.2, 0.25) is 5.15 Å². The Bertz CT molecular complexity index is 930. The molecule has 3 aromatic heterocycles. The van der Waals surface area contributed by atoms with Crippen molar-refractivity contribution in [1.29, 1.82) is 0 Å². The Balaban J connectivity index is 1.89. The third-order valence-corrected chi connectivity index (χ3v) is 3.70. The van der Waals surface area contributed by atoms with Gasteiger partial charge in [0.15, 0.2) is 5.65 Å². The summed E-state index contributed by atoms with van der Waals surface area (Å²) in [6.45, 7) is 0. The van der Waals surface area contributed by atoms with Crippen molar-refractivity contribution >= 4 is 22.8 Å². The molecule has 4 nitrogen and oxygen atoms in total. The van der Waals surface area contributed by atoms with E-state index in [4.69, 9.17) is 11.6 Å². The van der Waals surface area contributed by atoms with Gasteiger partial charge in [-0.05, 0) is 23.8 Å². The number of hydrogen-bond donors (Lipinski definition) is 1. The monoisotopic (exact) mass is 306 g/mol. The highest BCUT2D eigenvalue weighted by Gasteiger charge is 2.11. The molecule has 3 heterocycles. The summed E-state index contributed by atoms with van der Waals surface area (Å²) in [5.74, 6) is 0.732. The number of hydrogen-bond acceptors (Lipinski definition) is 3. The molecule has 0 spiro atoms. The predicted molar refractivity (Wildman–Crippen MR) is 87.6 cm³/mol. The Labute approximate surface area is 131 Å². The van der Waals surface area contributed by atoms with Crippen molar-refractivity contribution in [1.82, 2.24) is 19.9 Å². The fourth-order valence-corrected chi connectivity index (χ4v) is 2.53. The molecule has 0 unspecified atom stereocenters.